The van der Waals surface area contributed by atoms with E-state index in [0.29, 0.717) is 23.7 Å². The van der Waals surface area contributed by atoms with Crippen LogP contribution in [0.4, 0.5) is 11.4 Å². The minimum atomic E-state index is 0.0102. The highest BCUT2D eigenvalue weighted by molar-refractivity contribution is 6.72. The largest absolute Gasteiger partial charge is 0.657 e. The number of rotatable bonds is 7. The number of anilines is 1. The van der Waals surface area contributed by atoms with Crippen molar-refractivity contribution in [3.8, 4) is 0 Å². The van der Waals surface area contributed by atoms with Crippen molar-refractivity contribution in [2.24, 2.45) is 0 Å². The molecule has 3 aromatic rings. The lowest BCUT2D eigenvalue weighted by atomic mass is 9.61. The summed E-state index contributed by atoms with van der Waals surface area (Å²) in [6, 6.07) is 24.9. The summed E-state index contributed by atoms with van der Waals surface area (Å²) in [5.74, 6) is 1.68. The van der Waals surface area contributed by atoms with Crippen LogP contribution in [0, 0.1) is 0 Å². The second-order valence-corrected chi connectivity index (χ2v) is 12.1. The van der Waals surface area contributed by atoms with E-state index in [1.807, 2.05) is 0 Å². The van der Waals surface area contributed by atoms with Crippen molar-refractivity contribution in [1.82, 2.24) is 0 Å². The van der Waals surface area contributed by atoms with Gasteiger partial charge in [0.1, 0.15) is 0 Å². The van der Waals surface area contributed by atoms with Crippen LogP contribution in [0.5, 0.6) is 0 Å². The van der Waals surface area contributed by atoms with Crippen LogP contribution in [-0.2, 0) is 0 Å². The van der Waals surface area contributed by atoms with Crippen LogP contribution < -0.4 is 10.3 Å². The normalized spacial score (nSPS) is 14.4. The lowest BCUT2D eigenvalue weighted by Crippen LogP contribution is -2.58. The average molecular weight is 506 g/mol. The molecule has 3 heteroatoms. The Labute approximate surface area is 232 Å². The molecule has 1 heterocycles. The Hall–Kier alpha value is -3.07. The van der Waals surface area contributed by atoms with Crippen LogP contribution in [0.3, 0.4) is 0 Å². The lowest BCUT2D eigenvalue weighted by molar-refractivity contribution is -0.287. The first-order valence-electron chi connectivity index (χ1n) is 14.4. The fraction of sp³-hybridized carbons (Fsp3) is 0.400. The smallest absolute Gasteiger partial charge is 0.319 e. The summed E-state index contributed by atoms with van der Waals surface area (Å²) in [6.07, 6.45) is 2.39. The van der Waals surface area contributed by atoms with Gasteiger partial charge in [-0.05, 0) is 41.7 Å². The van der Waals surface area contributed by atoms with Crippen molar-refractivity contribution in [1.29, 1.82) is 0 Å². The molecular formula is C35H46BN2+. The molecule has 3 aromatic carbocycles. The zero-order valence-corrected chi connectivity index (χ0v) is 25.2. The molecule has 4 rings (SSSR count). The van der Waals surface area contributed by atoms with Gasteiger partial charge in [-0.15, -0.1) is 0 Å². The number of nitrogens with zero attached hydrogens (tertiary/aromatic N) is 2. The van der Waals surface area contributed by atoms with Crippen molar-refractivity contribution in [2.75, 3.05) is 4.81 Å². The molecule has 0 saturated heterocycles. The lowest BCUT2D eigenvalue weighted by Gasteiger charge is -2.36. The SMILES string of the molecule is CC1=CC(C)=[N+](c2c(C(C)C)cccc2C(C)C)B(c2ccccc2)N1c1c(C(C)C)cccc1C(C)C. The summed E-state index contributed by atoms with van der Waals surface area (Å²) in [6.45, 7) is 23.2. The molecule has 0 aliphatic carbocycles. The van der Waals surface area contributed by atoms with Gasteiger partial charge in [0, 0.05) is 41.0 Å². The van der Waals surface area contributed by atoms with Gasteiger partial charge in [-0.2, -0.15) is 0 Å². The number of hydrogen-bond acceptors (Lipinski definition) is 1. The van der Waals surface area contributed by atoms with E-state index in [1.54, 1.807) is 0 Å². The molecule has 0 bridgehead atoms. The van der Waals surface area contributed by atoms with E-state index in [4.69, 9.17) is 0 Å². The maximum Gasteiger partial charge on any atom is 0.657 e. The Kier molecular flexibility index (Phi) is 8.35. The third kappa shape index (κ3) is 5.13. The maximum absolute atomic E-state index is 2.63. The van der Waals surface area contributed by atoms with Gasteiger partial charge in [-0.1, -0.05) is 122 Å². The van der Waals surface area contributed by atoms with Gasteiger partial charge in [0.25, 0.3) is 0 Å². The van der Waals surface area contributed by atoms with E-state index in [9.17, 15) is 0 Å². The molecule has 0 atom stereocenters. The summed E-state index contributed by atoms with van der Waals surface area (Å²) >= 11 is 0. The van der Waals surface area contributed by atoms with Crippen molar-refractivity contribution in [3.05, 3.63) is 101 Å². The molecule has 0 unspecified atom stereocenters. The molecule has 38 heavy (non-hydrogen) atoms. The first-order chi connectivity index (χ1) is 18.0. The average Bonchev–Trinajstić information content (AvgIpc) is 2.87. The molecule has 0 radical (unpaired) electrons. The zero-order valence-electron chi connectivity index (χ0n) is 25.2. The predicted octanol–water partition coefficient (Wildman–Crippen LogP) is 9.10. The van der Waals surface area contributed by atoms with Crippen molar-refractivity contribution < 1.29 is 4.49 Å². The third-order valence-corrected chi connectivity index (χ3v) is 7.93. The second-order valence-electron chi connectivity index (χ2n) is 12.1. The Balaban J connectivity index is 2.14. The second kappa shape index (κ2) is 11.4. The van der Waals surface area contributed by atoms with Crippen LogP contribution in [0.2, 0.25) is 0 Å². The van der Waals surface area contributed by atoms with Gasteiger partial charge < -0.3 is 4.81 Å². The fourth-order valence-corrected chi connectivity index (χ4v) is 6.04. The van der Waals surface area contributed by atoms with Crippen molar-refractivity contribution in [2.45, 2.75) is 92.9 Å². The van der Waals surface area contributed by atoms with E-state index < -0.39 is 0 Å². The Bertz CT molecular complexity index is 1290. The molecule has 0 spiro atoms. The topological polar surface area (TPSA) is 6.25 Å². The first kappa shape index (κ1) is 28.0. The minimum Gasteiger partial charge on any atom is -0.319 e. The van der Waals surface area contributed by atoms with Crippen molar-refractivity contribution >= 4 is 29.5 Å². The monoisotopic (exact) mass is 505 g/mol. The molecule has 0 amide bonds. The number of para-hydroxylation sites is 2. The van der Waals surface area contributed by atoms with Crippen LogP contribution in [0.15, 0.2) is 78.5 Å². The molecular weight excluding hydrogens is 459 g/mol. The van der Waals surface area contributed by atoms with Gasteiger partial charge >= 0.3 is 6.98 Å². The molecule has 1 aliphatic rings. The zero-order chi connectivity index (χ0) is 27.7. The van der Waals surface area contributed by atoms with Gasteiger partial charge in [-0.25, -0.2) is 0 Å². The van der Waals surface area contributed by atoms with Crippen LogP contribution in [-0.4, -0.2) is 17.2 Å². The van der Waals surface area contributed by atoms with Gasteiger partial charge in [0.15, 0.2) is 11.4 Å². The molecule has 0 saturated carbocycles. The van der Waals surface area contributed by atoms with E-state index >= 15 is 0 Å². The van der Waals surface area contributed by atoms with E-state index in [1.165, 1.54) is 50.5 Å². The number of hydrogen-bond donors (Lipinski definition) is 0. The number of benzene rings is 3. The van der Waals surface area contributed by atoms with E-state index in [0.717, 1.165) is 0 Å². The molecule has 0 fully saturated rings. The quantitative estimate of drug-likeness (QED) is 0.290. The molecule has 0 N–H and O–H groups in total. The van der Waals surface area contributed by atoms with E-state index in [-0.39, 0.29) is 6.98 Å². The highest BCUT2D eigenvalue weighted by atomic mass is 15.2. The fourth-order valence-electron chi connectivity index (χ4n) is 6.04. The highest BCUT2D eigenvalue weighted by Crippen LogP contribution is 2.42. The summed E-state index contributed by atoms with van der Waals surface area (Å²) in [7, 11) is 0. The molecule has 198 valence electrons. The Morgan fingerprint density at radius 3 is 1.47 bits per heavy atom. The third-order valence-electron chi connectivity index (χ3n) is 7.93. The minimum absolute atomic E-state index is 0.0102. The summed E-state index contributed by atoms with van der Waals surface area (Å²) in [4.78, 5) is 2.63. The molecule has 0 aromatic heterocycles. The van der Waals surface area contributed by atoms with Crippen molar-refractivity contribution in [3.63, 3.8) is 0 Å². The highest BCUT2D eigenvalue weighted by Gasteiger charge is 2.49. The summed E-state index contributed by atoms with van der Waals surface area (Å²) in [5.41, 5.74) is 12.2. The van der Waals surface area contributed by atoms with Crippen LogP contribution in [0.1, 0.15) is 115 Å². The predicted molar refractivity (Wildman–Crippen MR) is 168 cm³/mol. The van der Waals surface area contributed by atoms with Crippen LogP contribution >= 0.6 is 0 Å². The maximum atomic E-state index is 2.63. The standard InChI is InChI=1S/C35H46BN2/c1-23(2)30-18-14-19-31(24(3)4)34(30)37-27(9)22-28(10)38(36(37)29-16-12-11-13-17-29)35-32(25(5)6)20-15-21-33(35)26(7)8/h11-26H,1-10H3/q+1. The summed E-state index contributed by atoms with van der Waals surface area (Å²) in [5, 5.41) is 0. The van der Waals surface area contributed by atoms with Gasteiger partial charge in [-0.3, -0.25) is 4.49 Å². The first-order valence-corrected chi connectivity index (χ1v) is 14.4. The van der Waals surface area contributed by atoms with Gasteiger partial charge in [0.2, 0.25) is 0 Å². The number of allylic oxidation sites excluding steroid dienone is 2. The molecule has 2 nitrogen and oxygen atoms in total. The Morgan fingerprint density at radius 1 is 0.579 bits per heavy atom. The molecule has 1 aliphatic heterocycles. The van der Waals surface area contributed by atoms with Gasteiger partial charge in [0.05, 0.1) is 0 Å². The Morgan fingerprint density at radius 2 is 1.03 bits per heavy atom. The van der Waals surface area contributed by atoms with E-state index in [2.05, 4.69) is 151 Å². The summed E-state index contributed by atoms with van der Waals surface area (Å²) < 4.78 is 2.63. The van der Waals surface area contributed by atoms with Crippen LogP contribution in [0.25, 0.3) is 0 Å².